The van der Waals surface area contributed by atoms with Gasteiger partial charge in [0.15, 0.2) is 0 Å². The summed E-state index contributed by atoms with van der Waals surface area (Å²) >= 11 is 5.99. The molecule has 6 heteroatoms. The van der Waals surface area contributed by atoms with E-state index in [2.05, 4.69) is 34.0 Å². The monoisotopic (exact) mass is 291 g/mol. The van der Waals surface area contributed by atoms with Crippen LogP contribution in [0.3, 0.4) is 0 Å². The van der Waals surface area contributed by atoms with Crippen molar-refractivity contribution in [2.45, 2.75) is 13.8 Å². The van der Waals surface area contributed by atoms with Crippen LogP contribution in [-0.2, 0) is 0 Å². The molecule has 0 saturated carbocycles. The fraction of sp³-hybridized carbons (Fsp3) is 0.357. The van der Waals surface area contributed by atoms with Gasteiger partial charge in [0, 0.05) is 26.3 Å². The Kier molecular flexibility index (Phi) is 4.39. The molecule has 2 aromatic rings. The highest BCUT2D eigenvalue weighted by Gasteiger charge is 2.14. The molecule has 0 radical (unpaired) electrons. The summed E-state index contributed by atoms with van der Waals surface area (Å²) in [5.41, 5.74) is 2.25. The average molecular weight is 292 g/mol. The van der Waals surface area contributed by atoms with E-state index < -0.39 is 0 Å². The third-order valence-electron chi connectivity index (χ3n) is 2.89. The normalized spacial score (nSPS) is 10.4. The third kappa shape index (κ3) is 3.17. The van der Waals surface area contributed by atoms with Gasteiger partial charge in [0.1, 0.15) is 0 Å². The first-order valence-corrected chi connectivity index (χ1v) is 6.82. The van der Waals surface area contributed by atoms with Gasteiger partial charge < -0.3 is 9.80 Å². The van der Waals surface area contributed by atoms with Crippen LogP contribution in [0, 0.1) is 6.92 Å². The van der Waals surface area contributed by atoms with E-state index in [9.17, 15) is 0 Å². The molecule has 0 aliphatic rings. The quantitative estimate of drug-likeness (QED) is 0.866. The Morgan fingerprint density at radius 1 is 1.00 bits per heavy atom. The number of hydrogen-bond donors (Lipinski definition) is 0. The Labute approximate surface area is 124 Å². The minimum atomic E-state index is 0.198. The van der Waals surface area contributed by atoms with Crippen LogP contribution in [0.4, 0.5) is 17.6 Å². The molecular formula is C14H18ClN5. The van der Waals surface area contributed by atoms with E-state index in [0.717, 1.165) is 12.2 Å². The van der Waals surface area contributed by atoms with Crippen molar-refractivity contribution in [3.8, 4) is 0 Å². The molecule has 0 amide bonds. The van der Waals surface area contributed by atoms with Crippen LogP contribution in [0.2, 0.25) is 5.28 Å². The van der Waals surface area contributed by atoms with Gasteiger partial charge in [0.25, 0.3) is 0 Å². The number of aromatic nitrogens is 3. The number of anilines is 3. The highest BCUT2D eigenvalue weighted by Crippen LogP contribution is 2.24. The van der Waals surface area contributed by atoms with Crippen LogP contribution in [0.1, 0.15) is 12.5 Å². The largest absolute Gasteiger partial charge is 0.347 e. The van der Waals surface area contributed by atoms with Crippen LogP contribution in [0.25, 0.3) is 0 Å². The van der Waals surface area contributed by atoms with E-state index in [1.165, 1.54) is 5.56 Å². The third-order valence-corrected chi connectivity index (χ3v) is 3.06. The fourth-order valence-electron chi connectivity index (χ4n) is 1.81. The molecule has 20 heavy (non-hydrogen) atoms. The summed E-state index contributed by atoms with van der Waals surface area (Å²) in [5.74, 6) is 1.10. The van der Waals surface area contributed by atoms with Crippen molar-refractivity contribution in [1.29, 1.82) is 0 Å². The molecule has 0 bridgehead atoms. The predicted octanol–water partition coefficient (Wildman–Crippen LogP) is 3.06. The van der Waals surface area contributed by atoms with E-state index in [0.29, 0.717) is 11.9 Å². The molecule has 5 nitrogen and oxygen atoms in total. The van der Waals surface area contributed by atoms with E-state index in [4.69, 9.17) is 11.6 Å². The van der Waals surface area contributed by atoms with Crippen molar-refractivity contribution in [3.63, 3.8) is 0 Å². The number of hydrogen-bond acceptors (Lipinski definition) is 5. The minimum absolute atomic E-state index is 0.198. The van der Waals surface area contributed by atoms with Crippen LogP contribution in [0.15, 0.2) is 24.3 Å². The van der Waals surface area contributed by atoms with Crippen LogP contribution < -0.4 is 9.80 Å². The summed E-state index contributed by atoms with van der Waals surface area (Å²) < 4.78 is 0. The molecule has 0 atom stereocenters. The molecule has 106 valence electrons. The maximum atomic E-state index is 5.99. The highest BCUT2D eigenvalue weighted by atomic mass is 35.5. The minimum Gasteiger partial charge on any atom is -0.347 e. The Balaban J connectivity index is 2.43. The second-order valence-corrected chi connectivity index (χ2v) is 5.02. The number of aryl methyl sites for hydroxylation is 1. The number of halogens is 1. The van der Waals surface area contributed by atoms with Crippen molar-refractivity contribution in [2.75, 3.05) is 30.4 Å². The van der Waals surface area contributed by atoms with Crippen molar-refractivity contribution < 1.29 is 0 Å². The number of rotatable bonds is 4. The summed E-state index contributed by atoms with van der Waals surface area (Å²) in [4.78, 5) is 16.6. The molecule has 0 fully saturated rings. The Morgan fingerprint density at radius 3 is 2.15 bits per heavy atom. The molecule has 1 aromatic carbocycles. The van der Waals surface area contributed by atoms with Crippen molar-refractivity contribution in [2.24, 2.45) is 0 Å². The Hall–Kier alpha value is -1.88. The van der Waals surface area contributed by atoms with Crippen molar-refractivity contribution in [1.82, 2.24) is 15.0 Å². The van der Waals surface area contributed by atoms with E-state index in [-0.39, 0.29) is 5.28 Å². The van der Waals surface area contributed by atoms with Crippen LogP contribution in [0.5, 0.6) is 0 Å². The van der Waals surface area contributed by atoms with E-state index >= 15 is 0 Å². The second kappa shape index (κ2) is 6.05. The predicted molar refractivity (Wildman–Crippen MR) is 83.0 cm³/mol. The van der Waals surface area contributed by atoms with E-state index in [1.54, 1.807) is 4.90 Å². The zero-order chi connectivity index (χ0) is 14.7. The van der Waals surface area contributed by atoms with Gasteiger partial charge >= 0.3 is 0 Å². The van der Waals surface area contributed by atoms with Gasteiger partial charge in [-0.15, -0.1) is 0 Å². The van der Waals surface area contributed by atoms with Crippen molar-refractivity contribution >= 4 is 29.2 Å². The maximum Gasteiger partial charge on any atom is 0.236 e. The highest BCUT2D eigenvalue weighted by molar-refractivity contribution is 6.28. The molecule has 2 rings (SSSR count). The summed E-state index contributed by atoms with van der Waals surface area (Å²) in [7, 11) is 3.75. The van der Waals surface area contributed by atoms with E-state index in [1.807, 2.05) is 38.1 Å². The number of benzene rings is 1. The smallest absolute Gasteiger partial charge is 0.236 e. The Morgan fingerprint density at radius 2 is 1.60 bits per heavy atom. The summed E-state index contributed by atoms with van der Waals surface area (Å²) in [6, 6.07) is 8.22. The van der Waals surface area contributed by atoms with Crippen molar-refractivity contribution in [3.05, 3.63) is 35.1 Å². The van der Waals surface area contributed by atoms with Gasteiger partial charge in [0.05, 0.1) is 0 Å². The molecule has 0 saturated heterocycles. The SMILES string of the molecule is CCN(c1ccc(C)cc1)c1nc(Cl)nc(N(C)C)n1. The summed E-state index contributed by atoms with van der Waals surface area (Å²) in [5, 5.41) is 0.198. The first-order chi connectivity index (χ1) is 9.51. The fourth-order valence-corrected chi connectivity index (χ4v) is 1.97. The zero-order valence-corrected chi connectivity index (χ0v) is 12.9. The lowest BCUT2D eigenvalue weighted by Gasteiger charge is -2.22. The summed E-state index contributed by atoms with van der Waals surface area (Å²) in [6.45, 7) is 4.85. The molecule has 0 N–H and O–H groups in total. The first kappa shape index (κ1) is 14.5. The second-order valence-electron chi connectivity index (χ2n) is 4.68. The maximum absolute atomic E-state index is 5.99. The molecule has 0 unspecified atom stereocenters. The zero-order valence-electron chi connectivity index (χ0n) is 12.1. The molecule has 0 aliphatic carbocycles. The van der Waals surface area contributed by atoms with Gasteiger partial charge in [0.2, 0.25) is 17.2 Å². The standard InChI is InChI=1S/C14H18ClN5/c1-5-20(11-8-6-10(2)7-9-11)14-17-12(15)16-13(18-14)19(3)4/h6-9H,5H2,1-4H3. The lowest BCUT2D eigenvalue weighted by atomic mass is 10.2. The van der Waals surface area contributed by atoms with Gasteiger partial charge in [-0.25, -0.2) is 0 Å². The van der Waals surface area contributed by atoms with Gasteiger partial charge in [-0.1, -0.05) is 17.7 Å². The Bertz CT molecular complexity index is 583. The first-order valence-electron chi connectivity index (χ1n) is 6.44. The summed E-state index contributed by atoms with van der Waals surface area (Å²) in [6.07, 6.45) is 0. The molecule has 1 aromatic heterocycles. The lowest BCUT2D eigenvalue weighted by Crippen LogP contribution is -2.21. The van der Waals surface area contributed by atoms with Gasteiger partial charge in [-0.05, 0) is 37.6 Å². The molecule has 0 spiro atoms. The molecular weight excluding hydrogens is 274 g/mol. The van der Waals surface area contributed by atoms with Crippen LogP contribution in [-0.4, -0.2) is 35.6 Å². The molecule has 1 heterocycles. The lowest BCUT2D eigenvalue weighted by molar-refractivity contribution is 0.895. The molecule has 0 aliphatic heterocycles. The van der Waals surface area contributed by atoms with Gasteiger partial charge in [-0.2, -0.15) is 15.0 Å². The number of nitrogens with zero attached hydrogens (tertiary/aromatic N) is 5. The average Bonchev–Trinajstić information content (AvgIpc) is 2.41. The van der Waals surface area contributed by atoms with Gasteiger partial charge in [-0.3, -0.25) is 0 Å². The topological polar surface area (TPSA) is 45.2 Å². The van der Waals surface area contributed by atoms with Crippen LogP contribution >= 0.6 is 11.6 Å².